The van der Waals surface area contributed by atoms with Gasteiger partial charge in [0, 0.05) is 30.5 Å². The van der Waals surface area contributed by atoms with Gasteiger partial charge in [-0.1, -0.05) is 55.5 Å². The number of carbonyl (C=O) groups is 3. The van der Waals surface area contributed by atoms with Crippen LogP contribution in [0.25, 0.3) is 11.1 Å². The number of ether oxygens (including phenoxy) is 1. The van der Waals surface area contributed by atoms with E-state index in [2.05, 4.69) is 29.6 Å². The molecule has 2 amide bonds. The van der Waals surface area contributed by atoms with E-state index in [4.69, 9.17) is 4.74 Å². The molecule has 3 aliphatic rings. The third kappa shape index (κ3) is 4.40. The molecule has 7 heteroatoms. The molecule has 2 unspecified atom stereocenters. The minimum atomic E-state index is -0.826. The first-order valence-electron chi connectivity index (χ1n) is 12.6. The van der Waals surface area contributed by atoms with Gasteiger partial charge >= 0.3 is 12.1 Å². The molecule has 0 radical (unpaired) electrons. The number of hydrogen-bond acceptors (Lipinski definition) is 4. The fourth-order valence-electron chi connectivity index (χ4n) is 6.30. The Morgan fingerprint density at radius 1 is 1.00 bits per heavy atom. The summed E-state index contributed by atoms with van der Waals surface area (Å²) in [7, 11) is 0. The molecule has 2 aromatic carbocycles. The van der Waals surface area contributed by atoms with E-state index in [9.17, 15) is 19.5 Å². The summed E-state index contributed by atoms with van der Waals surface area (Å²) in [5.41, 5.74) is 4.71. The molecule has 35 heavy (non-hydrogen) atoms. The van der Waals surface area contributed by atoms with E-state index < -0.39 is 18.0 Å². The van der Waals surface area contributed by atoms with Gasteiger partial charge in [-0.15, -0.1) is 0 Å². The van der Waals surface area contributed by atoms with Crippen LogP contribution in [-0.2, 0) is 14.3 Å². The fourth-order valence-corrected chi connectivity index (χ4v) is 6.30. The van der Waals surface area contributed by atoms with Crippen molar-refractivity contribution in [3.05, 3.63) is 59.7 Å². The van der Waals surface area contributed by atoms with Gasteiger partial charge in [0.1, 0.15) is 6.61 Å². The molecular weight excluding hydrogens is 444 g/mol. The van der Waals surface area contributed by atoms with Crippen molar-refractivity contribution in [3.63, 3.8) is 0 Å². The molecule has 1 heterocycles. The molecule has 0 spiro atoms. The second-order valence-corrected chi connectivity index (χ2v) is 9.92. The summed E-state index contributed by atoms with van der Waals surface area (Å²) in [6.07, 6.45) is 2.66. The van der Waals surface area contributed by atoms with Crippen LogP contribution in [0.2, 0.25) is 0 Å². The smallest absolute Gasteiger partial charge is 0.407 e. The van der Waals surface area contributed by atoms with E-state index in [-0.39, 0.29) is 36.4 Å². The van der Waals surface area contributed by atoms with Crippen LogP contribution in [0.4, 0.5) is 4.79 Å². The van der Waals surface area contributed by atoms with Gasteiger partial charge in [0.25, 0.3) is 0 Å². The van der Waals surface area contributed by atoms with Gasteiger partial charge in [-0.05, 0) is 54.4 Å². The van der Waals surface area contributed by atoms with E-state index in [0.29, 0.717) is 38.6 Å². The highest BCUT2D eigenvalue weighted by Gasteiger charge is 2.43. The summed E-state index contributed by atoms with van der Waals surface area (Å²) < 4.78 is 5.66. The number of carbonyl (C=O) groups excluding carboxylic acids is 2. The first-order chi connectivity index (χ1) is 17.0. The Morgan fingerprint density at radius 3 is 2.29 bits per heavy atom. The number of likely N-dealkylation sites (tertiary alicyclic amines) is 1. The topological polar surface area (TPSA) is 95.9 Å². The maximum absolute atomic E-state index is 13.1. The molecule has 2 fully saturated rings. The molecule has 0 bridgehead atoms. The maximum Gasteiger partial charge on any atom is 0.407 e. The molecule has 4 atom stereocenters. The highest BCUT2D eigenvalue weighted by Crippen LogP contribution is 2.44. The second-order valence-electron chi connectivity index (χ2n) is 9.92. The third-order valence-corrected chi connectivity index (χ3v) is 8.01. The Morgan fingerprint density at radius 2 is 1.66 bits per heavy atom. The number of amides is 2. The summed E-state index contributed by atoms with van der Waals surface area (Å²) in [4.78, 5) is 39.1. The zero-order valence-electron chi connectivity index (χ0n) is 20.0. The minimum Gasteiger partial charge on any atom is -0.481 e. The minimum absolute atomic E-state index is 0.00868. The summed E-state index contributed by atoms with van der Waals surface area (Å²) >= 11 is 0. The largest absolute Gasteiger partial charge is 0.481 e. The van der Waals surface area contributed by atoms with E-state index in [1.54, 1.807) is 4.90 Å². The zero-order valence-corrected chi connectivity index (χ0v) is 20.0. The van der Waals surface area contributed by atoms with E-state index >= 15 is 0 Å². The predicted octanol–water partition coefficient (Wildman–Crippen LogP) is 4.41. The van der Waals surface area contributed by atoms with Crippen molar-refractivity contribution in [1.29, 1.82) is 0 Å². The van der Waals surface area contributed by atoms with Crippen LogP contribution in [-0.4, -0.2) is 53.2 Å². The lowest BCUT2D eigenvalue weighted by Gasteiger charge is -2.28. The Kier molecular flexibility index (Phi) is 6.50. The molecule has 1 saturated heterocycles. The summed E-state index contributed by atoms with van der Waals surface area (Å²) in [6.45, 7) is 2.69. The summed E-state index contributed by atoms with van der Waals surface area (Å²) in [6, 6.07) is 16.1. The monoisotopic (exact) mass is 476 g/mol. The maximum atomic E-state index is 13.1. The Hall–Kier alpha value is -3.35. The van der Waals surface area contributed by atoms with Crippen LogP contribution in [0.5, 0.6) is 0 Å². The number of benzene rings is 2. The summed E-state index contributed by atoms with van der Waals surface area (Å²) in [5, 5.41) is 12.4. The highest BCUT2D eigenvalue weighted by molar-refractivity contribution is 5.82. The third-order valence-electron chi connectivity index (χ3n) is 8.01. The van der Waals surface area contributed by atoms with E-state index in [1.165, 1.54) is 22.3 Å². The number of carboxylic acids is 1. The van der Waals surface area contributed by atoms with Crippen LogP contribution >= 0.6 is 0 Å². The molecule has 5 rings (SSSR count). The van der Waals surface area contributed by atoms with Crippen LogP contribution in [0, 0.1) is 11.8 Å². The second kappa shape index (κ2) is 9.72. The normalized spacial score (nSPS) is 25.2. The van der Waals surface area contributed by atoms with Crippen molar-refractivity contribution < 1.29 is 24.2 Å². The van der Waals surface area contributed by atoms with E-state index in [1.807, 2.05) is 31.2 Å². The van der Waals surface area contributed by atoms with E-state index in [0.717, 1.165) is 0 Å². The first kappa shape index (κ1) is 23.4. The number of carboxylic acid groups (broad SMARTS) is 1. The first-order valence-corrected chi connectivity index (χ1v) is 12.6. The number of alkyl carbamates (subject to hydrolysis) is 1. The van der Waals surface area contributed by atoms with Crippen LogP contribution in [0.1, 0.15) is 56.1 Å². The summed E-state index contributed by atoms with van der Waals surface area (Å²) in [5.74, 6) is -1.46. The van der Waals surface area contributed by atoms with Gasteiger partial charge < -0.3 is 20.1 Å². The van der Waals surface area contributed by atoms with Crippen LogP contribution in [0.3, 0.4) is 0 Å². The van der Waals surface area contributed by atoms with Crippen molar-refractivity contribution >= 4 is 18.0 Å². The number of nitrogens with one attached hydrogen (secondary N) is 1. The average molecular weight is 477 g/mol. The van der Waals surface area contributed by atoms with Crippen molar-refractivity contribution in [1.82, 2.24) is 10.2 Å². The average Bonchev–Trinajstić information content (AvgIpc) is 3.58. The van der Waals surface area contributed by atoms with Gasteiger partial charge in [-0.25, -0.2) is 4.79 Å². The molecule has 2 aromatic rings. The number of nitrogens with zero attached hydrogens (tertiary/aromatic N) is 1. The van der Waals surface area contributed by atoms with Gasteiger partial charge in [-0.3, -0.25) is 9.59 Å². The molecule has 2 N–H and O–H groups in total. The van der Waals surface area contributed by atoms with Gasteiger partial charge in [0.05, 0.1) is 5.92 Å². The molecular formula is C28H32N2O5. The molecule has 1 saturated carbocycles. The number of aliphatic carboxylic acids is 1. The molecule has 0 aromatic heterocycles. The van der Waals surface area contributed by atoms with Crippen molar-refractivity contribution in [3.8, 4) is 11.1 Å². The highest BCUT2D eigenvalue weighted by atomic mass is 16.5. The Labute approximate surface area is 205 Å². The van der Waals surface area contributed by atoms with Gasteiger partial charge in [-0.2, -0.15) is 0 Å². The van der Waals surface area contributed by atoms with Crippen molar-refractivity contribution in [2.45, 2.75) is 57.0 Å². The molecule has 2 aliphatic carbocycles. The lowest BCUT2D eigenvalue weighted by molar-refractivity contribution is -0.144. The zero-order chi connectivity index (χ0) is 24.5. The lowest BCUT2D eigenvalue weighted by atomic mass is 9.97. The number of hydrogen-bond donors (Lipinski definition) is 2. The van der Waals surface area contributed by atoms with Crippen molar-refractivity contribution in [2.24, 2.45) is 11.8 Å². The molecule has 7 nitrogen and oxygen atoms in total. The lowest BCUT2D eigenvalue weighted by Crippen LogP contribution is -2.42. The predicted molar refractivity (Wildman–Crippen MR) is 131 cm³/mol. The van der Waals surface area contributed by atoms with Gasteiger partial charge in [0.15, 0.2) is 0 Å². The van der Waals surface area contributed by atoms with Crippen LogP contribution < -0.4 is 5.32 Å². The fraction of sp³-hybridized carbons (Fsp3) is 0.464. The molecule has 1 aliphatic heterocycles. The van der Waals surface area contributed by atoms with Gasteiger partial charge in [0.2, 0.25) is 5.91 Å². The Balaban J connectivity index is 1.15. The number of fused-ring (bicyclic) bond motifs is 3. The quantitative estimate of drug-likeness (QED) is 0.644. The SMILES string of the molecule is CCC1C(C(=O)O)CCN1C(=O)[C@@H]1CC[C@H](NC(=O)OCC2c3ccccc3-c3ccccc32)C1. The van der Waals surface area contributed by atoms with Crippen molar-refractivity contribution in [2.75, 3.05) is 13.2 Å². The Bertz CT molecular complexity index is 1090. The standard InChI is InChI=1S/C28H32N2O5/c1-2-25-23(27(32)33)13-14-30(25)26(31)17-11-12-18(15-17)29-28(34)35-16-24-21-9-5-3-7-19(21)20-8-4-6-10-22(20)24/h3-10,17-18,23-25H,2,11-16H2,1H3,(H,29,34)(H,32,33)/t17-,18+,23?,25?/m1/s1. The van der Waals surface area contributed by atoms with Crippen LogP contribution in [0.15, 0.2) is 48.5 Å². The number of rotatable bonds is 6. The molecule has 184 valence electrons.